The average Bonchev–Trinajstić information content (AvgIpc) is 2.82. The summed E-state index contributed by atoms with van der Waals surface area (Å²) in [4.78, 5) is 10.2. The zero-order valence-electron chi connectivity index (χ0n) is 18.4. The van der Waals surface area contributed by atoms with Crippen LogP contribution >= 0.6 is 11.8 Å². The maximum absolute atomic E-state index is 14.0. The molecule has 0 atom stereocenters. The normalized spacial score (nSPS) is 20.5. The van der Waals surface area contributed by atoms with Crippen LogP contribution in [-0.4, -0.2) is 55.1 Å². The summed E-state index contributed by atoms with van der Waals surface area (Å²) in [6.45, 7) is 7.27. The van der Waals surface area contributed by atoms with Crippen LogP contribution in [0.25, 0.3) is 0 Å². The summed E-state index contributed by atoms with van der Waals surface area (Å²) in [7, 11) is 0. The summed E-state index contributed by atoms with van der Waals surface area (Å²) in [5, 5.41) is 0. The molecule has 2 saturated heterocycles. The van der Waals surface area contributed by atoms with Crippen molar-refractivity contribution in [1.29, 1.82) is 0 Å². The maximum Gasteiger partial charge on any atom is 0.125 e. The molecule has 5 rings (SSSR count). The van der Waals surface area contributed by atoms with Crippen molar-refractivity contribution in [1.82, 2.24) is 9.80 Å². The van der Waals surface area contributed by atoms with E-state index in [1.165, 1.54) is 81.8 Å². The molecular formula is C26H34FN3S. The third-order valence-corrected chi connectivity index (χ3v) is 8.29. The molecule has 2 fully saturated rings. The fraction of sp³-hybridized carbons (Fsp3) is 0.538. The SMILES string of the molecule is Fc1ccc2c(c1)N(CCCCN1CCC(N3CCCCC3)CC1)c1ccccc1S2. The van der Waals surface area contributed by atoms with Crippen LogP contribution in [0.3, 0.4) is 0 Å². The van der Waals surface area contributed by atoms with Crippen LogP contribution in [0.1, 0.15) is 44.9 Å². The van der Waals surface area contributed by atoms with Crippen LogP contribution in [0.15, 0.2) is 52.3 Å². The molecule has 3 heterocycles. The van der Waals surface area contributed by atoms with Gasteiger partial charge in [-0.25, -0.2) is 4.39 Å². The van der Waals surface area contributed by atoms with E-state index < -0.39 is 0 Å². The van der Waals surface area contributed by atoms with E-state index in [4.69, 9.17) is 0 Å². The van der Waals surface area contributed by atoms with E-state index in [9.17, 15) is 4.39 Å². The summed E-state index contributed by atoms with van der Waals surface area (Å²) in [6.07, 6.45) is 9.21. The predicted molar refractivity (Wildman–Crippen MR) is 128 cm³/mol. The summed E-state index contributed by atoms with van der Waals surface area (Å²) in [6, 6.07) is 14.5. The van der Waals surface area contributed by atoms with Crippen molar-refractivity contribution >= 4 is 23.1 Å². The van der Waals surface area contributed by atoms with Crippen LogP contribution < -0.4 is 4.90 Å². The van der Waals surface area contributed by atoms with E-state index in [0.29, 0.717) is 0 Å². The van der Waals surface area contributed by atoms with Crippen molar-refractivity contribution in [3.8, 4) is 0 Å². The zero-order valence-corrected chi connectivity index (χ0v) is 19.3. The number of hydrogen-bond acceptors (Lipinski definition) is 4. The zero-order chi connectivity index (χ0) is 21.0. The smallest absolute Gasteiger partial charge is 0.125 e. The molecule has 0 aliphatic carbocycles. The molecule has 31 heavy (non-hydrogen) atoms. The Hall–Kier alpha value is -1.56. The Kier molecular flexibility index (Phi) is 6.82. The number of unbranched alkanes of at least 4 members (excludes halogenated alkanes) is 1. The van der Waals surface area contributed by atoms with Gasteiger partial charge in [0.2, 0.25) is 0 Å². The quantitative estimate of drug-likeness (QED) is 0.499. The highest BCUT2D eigenvalue weighted by atomic mass is 32.2. The van der Waals surface area contributed by atoms with Crippen LogP contribution in [0.5, 0.6) is 0 Å². The lowest BCUT2D eigenvalue weighted by Crippen LogP contribution is -2.46. The second-order valence-corrected chi connectivity index (χ2v) is 10.3. The van der Waals surface area contributed by atoms with Gasteiger partial charge in [0, 0.05) is 22.4 Å². The minimum absolute atomic E-state index is 0.152. The van der Waals surface area contributed by atoms with Gasteiger partial charge in [-0.15, -0.1) is 0 Å². The molecule has 2 aromatic carbocycles. The molecule has 2 aromatic rings. The van der Waals surface area contributed by atoms with E-state index in [2.05, 4.69) is 39.0 Å². The maximum atomic E-state index is 14.0. The van der Waals surface area contributed by atoms with E-state index in [0.717, 1.165) is 29.6 Å². The lowest BCUT2D eigenvalue weighted by atomic mass is 10.00. The number of likely N-dealkylation sites (tertiary alicyclic amines) is 2. The van der Waals surface area contributed by atoms with Gasteiger partial charge in [-0.1, -0.05) is 30.3 Å². The van der Waals surface area contributed by atoms with Crippen LogP contribution in [0.4, 0.5) is 15.8 Å². The summed E-state index contributed by atoms with van der Waals surface area (Å²) < 4.78 is 14.0. The van der Waals surface area contributed by atoms with E-state index in [1.807, 2.05) is 6.07 Å². The summed E-state index contributed by atoms with van der Waals surface area (Å²) >= 11 is 1.75. The third kappa shape index (κ3) is 4.94. The Morgan fingerprint density at radius 2 is 1.55 bits per heavy atom. The van der Waals surface area contributed by atoms with Crippen LogP contribution in [0, 0.1) is 5.82 Å². The molecule has 0 radical (unpaired) electrons. The van der Waals surface area contributed by atoms with Gasteiger partial charge in [0.05, 0.1) is 11.4 Å². The van der Waals surface area contributed by atoms with Crippen LogP contribution in [-0.2, 0) is 0 Å². The standard InChI is InChI=1S/C26H34FN3S/c27-21-10-11-26-24(20-21)30(23-8-2-3-9-25(23)31-26)17-7-6-14-28-18-12-22(13-19-28)29-15-4-1-5-16-29/h2-3,8-11,20,22H,1,4-7,12-19H2. The fourth-order valence-corrected chi connectivity index (χ4v) is 6.52. The highest BCUT2D eigenvalue weighted by molar-refractivity contribution is 7.99. The van der Waals surface area contributed by atoms with Crippen molar-refractivity contribution in [3.63, 3.8) is 0 Å². The first-order valence-corrected chi connectivity index (χ1v) is 12.9. The predicted octanol–water partition coefficient (Wildman–Crippen LogP) is 6.16. The molecule has 0 unspecified atom stereocenters. The van der Waals surface area contributed by atoms with Gasteiger partial charge in [-0.05, 0) is 102 Å². The molecule has 0 amide bonds. The molecule has 0 aromatic heterocycles. The van der Waals surface area contributed by atoms with Crippen molar-refractivity contribution in [2.75, 3.05) is 44.2 Å². The lowest BCUT2D eigenvalue weighted by Gasteiger charge is -2.40. The van der Waals surface area contributed by atoms with Gasteiger partial charge in [-0.2, -0.15) is 0 Å². The number of fused-ring (bicyclic) bond motifs is 2. The van der Waals surface area contributed by atoms with Crippen molar-refractivity contribution in [3.05, 3.63) is 48.3 Å². The van der Waals surface area contributed by atoms with Gasteiger partial charge in [0.1, 0.15) is 5.82 Å². The number of piperidine rings is 2. The van der Waals surface area contributed by atoms with Gasteiger partial charge in [0.25, 0.3) is 0 Å². The van der Waals surface area contributed by atoms with Crippen molar-refractivity contribution in [2.24, 2.45) is 0 Å². The van der Waals surface area contributed by atoms with Gasteiger partial charge >= 0.3 is 0 Å². The number of nitrogens with zero attached hydrogens (tertiary/aromatic N) is 3. The molecule has 0 N–H and O–H groups in total. The summed E-state index contributed by atoms with van der Waals surface area (Å²) in [5.74, 6) is -0.152. The highest BCUT2D eigenvalue weighted by Gasteiger charge is 2.26. The molecular weight excluding hydrogens is 405 g/mol. The first-order chi connectivity index (χ1) is 15.3. The minimum atomic E-state index is -0.152. The van der Waals surface area contributed by atoms with Crippen molar-refractivity contribution < 1.29 is 4.39 Å². The number of benzene rings is 2. The topological polar surface area (TPSA) is 9.72 Å². The Morgan fingerprint density at radius 3 is 2.39 bits per heavy atom. The Labute approximate surface area is 190 Å². The molecule has 5 heteroatoms. The fourth-order valence-electron chi connectivity index (χ4n) is 5.44. The molecule has 0 saturated carbocycles. The molecule has 166 valence electrons. The number of anilines is 2. The molecule has 3 nitrogen and oxygen atoms in total. The van der Waals surface area contributed by atoms with Crippen LogP contribution in [0.2, 0.25) is 0 Å². The number of halogens is 1. The monoisotopic (exact) mass is 439 g/mol. The Bertz CT molecular complexity index is 875. The minimum Gasteiger partial charge on any atom is -0.340 e. The number of rotatable bonds is 6. The largest absolute Gasteiger partial charge is 0.340 e. The van der Waals surface area contributed by atoms with Gasteiger partial charge in [0.15, 0.2) is 0 Å². The number of para-hydroxylation sites is 1. The average molecular weight is 440 g/mol. The number of hydrogen-bond donors (Lipinski definition) is 0. The molecule has 0 spiro atoms. The second kappa shape index (κ2) is 9.93. The van der Waals surface area contributed by atoms with E-state index in [1.54, 1.807) is 23.9 Å². The highest BCUT2D eigenvalue weighted by Crippen LogP contribution is 2.48. The molecule has 3 aliphatic rings. The van der Waals surface area contributed by atoms with Gasteiger partial charge in [-0.3, -0.25) is 0 Å². The van der Waals surface area contributed by atoms with E-state index in [-0.39, 0.29) is 5.82 Å². The van der Waals surface area contributed by atoms with Gasteiger partial charge < -0.3 is 14.7 Å². The van der Waals surface area contributed by atoms with E-state index >= 15 is 0 Å². The first kappa shape index (κ1) is 21.3. The third-order valence-electron chi connectivity index (χ3n) is 7.16. The molecule has 0 bridgehead atoms. The Balaban J connectivity index is 1.13. The Morgan fingerprint density at radius 1 is 0.806 bits per heavy atom. The second-order valence-electron chi connectivity index (χ2n) is 9.21. The lowest BCUT2D eigenvalue weighted by molar-refractivity contribution is 0.0920. The summed E-state index contributed by atoms with van der Waals surface area (Å²) in [5.41, 5.74) is 2.24. The van der Waals surface area contributed by atoms with Crippen molar-refractivity contribution in [2.45, 2.75) is 60.8 Å². The molecule has 3 aliphatic heterocycles. The first-order valence-electron chi connectivity index (χ1n) is 12.1.